The lowest BCUT2D eigenvalue weighted by Crippen LogP contribution is -2.29. The van der Waals surface area contributed by atoms with E-state index < -0.39 is 5.91 Å². The molecule has 2 aromatic heterocycles. The Morgan fingerprint density at radius 3 is 3.11 bits per heavy atom. The summed E-state index contributed by atoms with van der Waals surface area (Å²) in [5.41, 5.74) is 2.76. The highest BCUT2D eigenvalue weighted by Gasteiger charge is 2.14. The van der Waals surface area contributed by atoms with Crippen molar-refractivity contribution in [1.29, 1.82) is 5.26 Å². The zero-order valence-corrected chi connectivity index (χ0v) is 9.54. The zero-order chi connectivity index (χ0) is 13.1. The molecule has 0 aromatic carbocycles. The van der Waals surface area contributed by atoms with Crippen LogP contribution in [-0.2, 0) is 6.54 Å². The highest BCUT2D eigenvalue weighted by molar-refractivity contribution is 5.91. The predicted molar refractivity (Wildman–Crippen MR) is 58.9 cm³/mol. The van der Waals surface area contributed by atoms with Crippen molar-refractivity contribution in [3.05, 3.63) is 35.3 Å². The van der Waals surface area contributed by atoms with E-state index in [1.54, 1.807) is 13.0 Å². The molecule has 3 N–H and O–H groups in total. The monoisotopic (exact) mass is 246 g/mol. The van der Waals surface area contributed by atoms with E-state index >= 15 is 0 Å². The van der Waals surface area contributed by atoms with Crippen LogP contribution in [0.25, 0.3) is 0 Å². The van der Waals surface area contributed by atoms with E-state index in [-0.39, 0.29) is 11.6 Å². The number of carbonyl (C=O) groups is 1. The van der Waals surface area contributed by atoms with Crippen LogP contribution < -0.4 is 11.3 Å². The van der Waals surface area contributed by atoms with Gasteiger partial charge in [-0.1, -0.05) is 0 Å². The van der Waals surface area contributed by atoms with Crippen LogP contribution in [0.5, 0.6) is 0 Å². The van der Waals surface area contributed by atoms with Gasteiger partial charge in [0.25, 0.3) is 5.82 Å². The number of nitriles is 1. The van der Waals surface area contributed by atoms with E-state index in [4.69, 9.17) is 15.5 Å². The summed E-state index contributed by atoms with van der Waals surface area (Å²) in [7, 11) is 0. The highest BCUT2D eigenvalue weighted by Crippen LogP contribution is 2.15. The molecule has 0 radical (unpaired) electrons. The van der Waals surface area contributed by atoms with Gasteiger partial charge < -0.3 is 4.42 Å². The molecule has 8 nitrogen and oxygen atoms in total. The smallest absolute Gasteiger partial charge is 0.300 e. The van der Waals surface area contributed by atoms with E-state index in [1.165, 1.54) is 11.0 Å². The minimum Gasteiger partial charge on any atom is -0.456 e. The second-order valence-electron chi connectivity index (χ2n) is 3.54. The molecule has 2 aromatic rings. The van der Waals surface area contributed by atoms with Gasteiger partial charge in [0.15, 0.2) is 5.76 Å². The maximum Gasteiger partial charge on any atom is 0.300 e. The molecule has 0 bridgehead atoms. The van der Waals surface area contributed by atoms with Crippen molar-refractivity contribution < 1.29 is 9.21 Å². The van der Waals surface area contributed by atoms with Crippen LogP contribution in [0.1, 0.15) is 27.7 Å². The normalized spacial score (nSPS) is 10.1. The minimum atomic E-state index is -0.499. The Morgan fingerprint density at radius 2 is 2.50 bits per heavy atom. The topological polar surface area (TPSA) is 123 Å². The summed E-state index contributed by atoms with van der Waals surface area (Å²) in [6.07, 6.45) is 1.44. The number of nitrogens with one attached hydrogen (secondary N) is 1. The quantitative estimate of drug-likeness (QED) is 0.435. The summed E-state index contributed by atoms with van der Waals surface area (Å²) < 4.78 is 6.74. The summed E-state index contributed by atoms with van der Waals surface area (Å²) in [6, 6.07) is 3.41. The molecule has 0 unspecified atom stereocenters. The number of aryl methyl sites for hydroxylation is 1. The van der Waals surface area contributed by atoms with Crippen LogP contribution in [0.2, 0.25) is 0 Å². The number of nitrogens with zero attached hydrogens (tertiary/aromatic N) is 4. The van der Waals surface area contributed by atoms with Crippen LogP contribution in [0.15, 0.2) is 16.8 Å². The van der Waals surface area contributed by atoms with Crippen LogP contribution >= 0.6 is 0 Å². The number of furan rings is 1. The van der Waals surface area contributed by atoms with E-state index in [0.717, 1.165) is 5.56 Å². The third kappa shape index (κ3) is 2.21. The van der Waals surface area contributed by atoms with Gasteiger partial charge in [0, 0.05) is 5.56 Å². The molecule has 18 heavy (non-hydrogen) atoms. The number of nitrogen functional groups attached to an aromatic ring is 1. The Hall–Kier alpha value is -2.66. The van der Waals surface area contributed by atoms with Crippen LogP contribution in [-0.4, -0.2) is 20.7 Å². The number of hydrazine groups is 1. The molecule has 0 saturated carbocycles. The Balaban J connectivity index is 2.21. The lowest BCUT2D eigenvalue weighted by Gasteiger charge is -1.97. The van der Waals surface area contributed by atoms with E-state index in [1.807, 2.05) is 11.5 Å². The van der Waals surface area contributed by atoms with Crippen molar-refractivity contribution in [3.63, 3.8) is 0 Å². The van der Waals surface area contributed by atoms with Gasteiger partial charge in [0.05, 0.1) is 6.54 Å². The molecular formula is C10H10N6O2. The van der Waals surface area contributed by atoms with Gasteiger partial charge in [-0.3, -0.25) is 10.2 Å². The van der Waals surface area contributed by atoms with E-state index in [2.05, 4.69) is 10.1 Å². The third-order valence-corrected chi connectivity index (χ3v) is 2.34. The van der Waals surface area contributed by atoms with Crippen molar-refractivity contribution in [1.82, 2.24) is 20.2 Å². The molecule has 2 heterocycles. The molecule has 0 aliphatic rings. The minimum absolute atomic E-state index is 0.0936. The van der Waals surface area contributed by atoms with Gasteiger partial charge in [-0.25, -0.2) is 15.5 Å². The van der Waals surface area contributed by atoms with Gasteiger partial charge in [-0.2, -0.15) is 5.26 Å². The van der Waals surface area contributed by atoms with Crippen molar-refractivity contribution in [2.24, 2.45) is 5.84 Å². The predicted octanol–water partition coefficient (Wildman–Crippen LogP) is -0.297. The molecule has 0 aliphatic heterocycles. The first-order valence-corrected chi connectivity index (χ1v) is 5.04. The number of amides is 1. The number of rotatable bonds is 3. The van der Waals surface area contributed by atoms with Crippen LogP contribution in [0, 0.1) is 18.3 Å². The number of carbonyl (C=O) groups excluding carboxylic acids is 1. The van der Waals surface area contributed by atoms with Crippen molar-refractivity contribution in [3.8, 4) is 6.07 Å². The largest absolute Gasteiger partial charge is 0.456 e. The average Bonchev–Trinajstić information content (AvgIpc) is 2.96. The van der Waals surface area contributed by atoms with Crippen LogP contribution in [0.3, 0.4) is 0 Å². The van der Waals surface area contributed by atoms with E-state index in [0.29, 0.717) is 12.3 Å². The average molecular weight is 246 g/mol. The molecule has 0 atom stereocenters. The second kappa shape index (κ2) is 4.68. The second-order valence-corrected chi connectivity index (χ2v) is 3.54. The van der Waals surface area contributed by atoms with Gasteiger partial charge in [0.2, 0.25) is 0 Å². The van der Waals surface area contributed by atoms with Crippen molar-refractivity contribution >= 4 is 5.91 Å². The van der Waals surface area contributed by atoms with Crippen LogP contribution in [0.4, 0.5) is 0 Å². The molecular weight excluding hydrogens is 236 g/mol. The van der Waals surface area contributed by atoms with Crippen molar-refractivity contribution in [2.45, 2.75) is 13.5 Å². The fourth-order valence-electron chi connectivity index (χ4n) is 1.46. The van der Waals surface area contributed by atoms with Gasteiger partial charge in [-0.05, 0) is 13.0 Å². The lowest BCUT2D eigenvalue weighted by molar-refractivity contribution is 0.0924. The standard InChI is InChI=1S/C10H10N6O2/c1-6-7(2-8(18-6)10(17)14-12)4-16-5-13-9(3-11)15-16/h2,5H,4,12H2,1H3,(H,14,17). The first kappa shape index (κ1) is 11.8. The van der Waals surface area contributed by atoms with Crippen molar-refractivity contribution in [2.75, 3.05) is 0 Å². The number of nitrogens with two attached hydrogens (primary N) is 1. The molecule has 0 aliphatic carbocycles. The molecule has 8 heteroatoms. The third-order valence-electron chi connectivity index (χ3n) is 2.34. The molecule has 0 spiro atoms. The Kier molecular flexibility index (Phi) is 3.07. The molecule has 2 rings (SSSR count). The number of aromatic nitrogens is 3. The first-order chi connectivity index (χ1) is 8.63. The summed E-state index contributed by atoms with van der Waals surface area (Å²) >= 11 is 0. The number of hydrogen-bond acceptors (Lipinski definition) is 6. The summed E-state index contributed by atoms with van der Waals surface area (Å²) in [5, 5.41) is 12.5. The highest BCUT2D eigenvalue weighted by atomic mass is 16.4. The Morgan fingerprint density at radius 1 is 1.72 bits per heavy atom. The Labute approximate surface area is 102 Å². The zero-order valence-electron chi connectivity index (χ0n) is 9.54. The van der Waals surface area contributed by atoms with E-state index in [9.17, 15) is 4.79 Å². The van der Waals surface area contributed by atoms with Gasteiger partial charge in [0.1, 0.15) is 18.2 Å². The lowest BCUT2D eigenvalue weighted by atomic mass is 10.2. The summed E-state index contributed by atoms with van der Waals surface area (Å²) in [4.78, 5) is 15.1. The molecule has 0 fully saturated rings. The number of hydrogen-bond donors (Lipinski definition) is 2. The van der Waals surface area contributed by atoms with Gasteiger partial charge >= 0.3 is 5.91 Å². The summed E-state index contributed by atoms with van der Waals surface area (Å²) in [6.45, 7) is 2.09. The Bertz CT molecular complexity index is 621. The first-order valence-electron chi connectivity index (χ1n) is 5.04. The summed E-state index contributed by atoms with van der Waals surface area (Å²) in [5.74, 6) is 5.32. The molecule has 0 saturated heterocycles. The maximum absolute atomic E-state index is 11.3. The fraction of sp³-hybridized carbons (Fsp3) is 0.200. The van der Waals surface area contributed by atoms with Gasteiger partial charge in [-0.15, -0.1) is 5.10 Å². The fourth-order valence-corrected chi connectivity index (χ4v) is 1.46. The molecule has 1 amide bonds. The SMILES string of the molecule is Cc1oc(C(=O)NN)cc1Cn1cnc(C#N)n1. The molecule has 92 valence electrons. The maximum atomic E-state index is 11.3.